The average molecular weight is 578 g/mol. The van der Waals surface area contributed by atoms with E-state index in [1.54, 1.807) is 0 Å². The first-order chi connectivity index (χ1) is 17.9. The number of aliphatic hydroxyl groups is 1. The molecular weight excluding hydrogens is 543 g/mol. The minimum Gasteiger partial charge on any atom is -0.461 e. The molecule has 0 fully saturated rings. The lowest BCUT2D eigenvalue weighted by Crippen LogP contribution is -2.19. The summed E-state index contributed by atoms with van der Waals surface area (Å²) < 4.78 is 11.9. The zero-order chi connectivity index (χ0) is 26.1. The Kier molecular flexibility index (Phi) is 9.51. The first kappa shape index (κ1) is 29.0. The van der Waals surface area contributed by atoms with Gasteiger partial charge in [-0.2, -0.15) is 0 Å². The highest BCUT2D eigenvalue weighted by molar-refractivity contribution is 6.32. The Morgan fingerprint density at radius 1 is 0.842 bits per heavy atom. The Bertz CT molecular complexity index is 1440. The molecule has 0 unspecified atom stereocenters. The SMILES string of the molecule is C=CCc1oc2ccc(Cl)c3c2c1CN(C)CC3.CN1CCc2c(Cl)ccc3oc(CCCO)c(c23)C1.Cl. The topological polar surface area (TPSA) is 53.0 Å². The first-order valence-corrected chi connectivity index (χ1v) is 13.7. The molecule has 0 amide bonds. The molecule has 4 heterocycles. The van der Waals surface area contributed by atoms with E-state index in [0.29, 0.717) is 0 Å². The Hall–Kier alpha value is -1.99. The van der Waals surface area contributed by atoms with Gasteiger partial charge in [0.05, 0.1) is 0 Å². The number of hydrogen-bond acceptors (Lipinski definition) is 5. The van der Waals surface area contributed by atoms with E-state index in [1.807, 2.05) is 30.3 Å². The van der Waals surface area contributed by atoms with Gasteiger partial charge in [-0.3, -0.25) is 0 Å². The molecule has 0 spiro atoms. The van der Waals surface area contributed by atoms with Gasteiger partial charge < -0.3 is 23.7 Å². The van der Waals surface area contributed by atoms with Crippen LogP contribution in [-0.2, 0) is 38.8 Å². The minimum absolute atomic E-state index is 0. The number of halogens is 3. The van der Waals surface area contributed by atoms with E-state index in [9.17, 15) is 0 Å². The predicted octanol–water partition coefficient (Wildman–Crippen LogP) is 7.22. The van der Waals surface area contributed by atoms with Crippen LogP contribution in [0.1, 0.15) is 40.2 Å². The molecule has 2 aromatic carbocycles. The van der Waals surface area contributed by atoms with Crippen molar-refractivity contribution in [3.63, 3.8) is 0 Å². The van der Waals surface area contributed by atoms with Crippen molar-refractivity contribution < 1.29 is 13.9 Å². The van der Waals surface area contributed by atoms with Crippen LogP contribution >= 0.6 is 35.6 Å². The van der Waals surface area contributed by atoms with E-state index in [-0.39, 0.29) is 19.0 Å². The fraction of sp³-hybridized carbons (Fsp3) is 0.400. The average Bonchev–Trinajstić information content (AvgIpc) is 3.24. The Labute approximate surface area is 240 Å². The molecule has 204 valence electrons. The maximum absolute atomic E-state index is 9.01. The highest BCUT2D eigenvalue weighted by Crippen LogP contribution is 2.37. The van der Waals surface area contributed by atoms with E-state index in [2.05, 4.69) is 30.5 Å². The molecule has 5 nitrogen and oxygen atoms in total. The molecule has 8 heteroatoms. The number of allylic oxidation sites excluding steroid dienone is 1. The van der Waals surface area contributed by atoms with Crippen LogP contribution in [-0.4, -0.2) is 48.7 Å². The van der Waals surface area contributed by atoms with E-state index >= 15 is 0 Å². The van der Waals surface area contributed by atoms with Crippen LogP contribution in [0.5, 0.6) is 0 Å². The van der Waals surface area contributed by atoms with E-state index in [1.165, 1.54) is 33.0 Å². The second-order valence-electron chi connectivity index (χ2n) is 10.1. The van der Waals surface area contributed by atoms with Crippen LogP contribution in [0.2, 0.25) is 10.0 Å². The summed E-state index contributed by atoms with van der Waals surface area (Å²) in [5.74, 6) is 2.03. The fourth-order valence-electron chi connectivity index (χ4n) is 5.57. The minimum atomic E-state index is 0. The largest absolute Gasteiger partial charge is 0.461 e. The van der Waals surface area contributed by atoms with Crippen molar-refractivity contribution in [3.05, 3.63) is 80.7 Å². The molecule has 0 aliphatic carbocycles. The number of benzene rings is 2. The van der Waals surface area contributed by atoms with Crippen LogP contribution in [0, 0.1) is 0 Å². The summed E-state index contributed by atoms with van der Waals surface area (Å²) in [7, 11) is 4.25. The van der Waals surface area contributed by atoms with E-state index in [0.717, 1.165) is 91.0 Å². The fourth-order valence-corrected chi connectivity index (χ4v) is 6.07. The normalized spacial score (nSPS) is 15.5. The molecule has 2 aliphatic rings. The van der Waals surface area contributed by atoms with Crippen molar-refractivity contribution in [1.82, 2.24) is 9.80 Å². The standard InChI is InChI=1S/C15H18ClNO2.C15H16ClNO.ClH/c1-17-7-6-10-12(16)4-5-14-15(10)11(9-17)13(19-14)3-2-8-18;1-3-4-13-11-9-17(2)8-7-10-12(16)5-6-14(18-13)15(10)11;/h4-5,18H,2-3,6-9H2,1H3;3,5-6H,1,4,7-9H2,2H3;1H. The molecule has 38 heavy (non-hydrogen) atoms. The highest BCUT2D eigenvalue weighted by Gasteiger charge is 2.24. The first-order valence-electron chi connectivity index (χ1n) is 12.9. The molecule has 0 saturated carbocycles. The van der Waals surface area contributed by atoms with Crippen LogP contribution in [0.4, 0.5) is 0 Å². The van der Waals surface area contributed by atoms with Gasteiger partial charge in [0.2, 0.25) is 0 Å². The highest BCUT2D eigenvalue weighted by atomic mass is 35.5. The molecule has 0 saturated heterocycles. The van der Waals surface area contributed by atoms with Gasteiger partial charge in [-0.1, -0.05) is 29.3 Å². The summed E-state index contributed by atoms with van der Waals surface area (Å²) in [4.78, 5) is 4.61. The predicted molar refractivity (Wildman–Crippen MR) is 159 cm³/mol. The third-order valence-corrected chi connectivity index (χ3v) is 8.12. The summed E-state index contributed by atoms with van der Waals surface area (Å²) in [6.45, 7) is 7.84. The lowest BCUT2D eigenvalue weighted by atomic mass is 10.0. The van der Waals surface area contributed by atoms with Crippen molar-refractivity contribution in [1.29, 1.82) is 0 Å². The Balaban J connectivity index is 0.000000173. The quantitative estimate of drug-likeness (QED) is 0.254. The molecule has 0 atom stereocenters. The molecule has 0 bridgehead atoms. The molecule has 1 N–H and O–H groups in total. The van der Waals surface area contributed by atoms with Crippen molar-refractivity contribution in [2.75, 3.05) is 33.8 Å². The van der Waals surface area contributed by atoms with Gasteiger partial charge in [0.1, 0.15) is 22.7 Å². The maximum atomic E-state index is 9.01. The molecule has 2 aliphatic heterocycles. The van der Waals surface area contributed by atoms with Gasteiger partial charge in [-0.25, -0.2) is 0 Å². The van der Waals surface area contributed by atoms with Gasteiger partial charge in [-0.15, -0.1) is 19.0 Å². The number of aryl methyl sites for hydroxylation is 1. The number of likely N-dealkylation sites (N-methyl/N-ethyl adjacent to an activating group) is 2. The Morgan fingerprint density at radius 2 is 1.34 bits per heavy atom. The second kappa shape index (κ2) is 12.5. The molecule has 4 aromatic rings. The monoisotopic (exact) mass is 576 g/mol. The molecule has 6 rings (SSSR count). The van der Waals surface area contributed by atoms with Crippen molar-refractivity contribution in [2.45, 2.75) is 45.2 Å². The lowest BCUT2D eigenvalue weighted by Gasteiger charge is -2.13. The summed E-state index contributed by atoms with van der Waals surface area (Å²) in [5, 5.41) is 13.1. The maximum Gasteiger partial charge on any atom is 0.135 e. The van der Waals surface area contributed by atoms with Gasteiger partial charge in [0.25, 0.3) is 0 Å². The molecular formula is C30H35Cl3N2O3. The number of rotatable bonds is 5. The number of nitrogens with zero attached hydrogens (tertiary/aromatic N) is 2. The zero-order valence-electron chi connectivity index (χ0n) is 22.0. The molecule has 2 aromatic heterocycles. The smallest absolute Gasteiger partial charge is 0.135 e. The third-order valence-electron chi connectivity index (χ3n) is 7.41. The van der Waals surface area contributed by atoms with Gasteiger partial charge in [0, 0.05) is 77.6 Å². The molecule has 0 radical (unpaired) electrons. The van der Waals surface area contributed by atoms with Gasteiger partial charge in [0.15, 0.2) is 0 Å². The number of hydrogen-bond donors (Lipinski definition) is 1. The van der Waals surface area contributed by atoms with Crippen LogP contribution < -0.4 is 0 Å². The van der Waals surface area contributed by atoms with Crippen molar-refractivity contribution >= 4 is 57.5 Å². The van der Waals surface area contributed by atoms with Crippen LogP contribution in [0.15, 0.2) is 45.8 Å². The van der Waals surface area contributed by atoms with E-state index < -0.39 is 0 Å². The van der Waals surface area contributed by atoms with Gasteiger partial charge in [-0.05, 0) is 68.8 Å². The zero-order valence-corrected chi connectivity index (χ0v) is 24.3. The van der Waals surface area contributed by atoms with Crippen molar-refractivity contribution in [3.8, 4) is 0 Å². The van der Waals surface area contributed by atoms with Gasteiger partial charge >= 0.3 is 0 Å². The summed E-state index contributed by atoms with van der Waals surface area (Å²) in [5.41, 5.74) is 6.85. The third kappa shape index (κ3) is 5.65. The van der Waals surface area contributed by atoms with E-state index in [4.69, 9.17) is 37.1 Å². The summed E-state index contributed by atoms with van der Waals surface area (Å²) >= 11 is 12.7. The summed E-state index contributed by atoms with van der Waals surface area (Å²) in [6, 6.07) is 7.80. The lowest BCUT2D eigenvalue weighted by molar-refractivity contribution is 0.283. The van der Waals surface area contributed by atoms with Crippen LogP contribution in [0.25, 0.3) is 21.9 Å². The van der Waals surface area contributed by atoms with Crippen molar-refractivity contribution in [2.24, 2.45) is 0 Å². The Morgan fingerprint density at radius 3 is 1.84 bits per heavy atom. The number of aliphatic hydroxyl groups excluding tert-OH is 1. The second-order valence-corrected chi connectivity index (χ2v) is 10.9. The summed E-state index contributed by atoms with van der Waals surface area (Å²) in [6.07, 6.45) is 6.12. The van der Waals surface area contributed by atoms with Crippen LogP contribution in [0.3, 0.4) is 0 Å². The number of furan rings is 2.